The number of halogens is 1. The van der Waals surface area contributed by atoms with Gasteiger partial charge in [0.25, 0.3) is 5.91 Å². The second-order valence-electron chi connectivity index (χ2n) is 7.17. The first-order chi connectivity index (χ1) is 15.0. The second-order valence-corrected chi connectivity index (χ2v) is 8.55. The van der Waals surface area contributed by atoms with E-state index in [0.29, 0.717) is 16.3 Å². The summed E-state index contributed by atoms with van der Waals surface area (Å²) in [6, 6.07) is 25.3. The summed E-state index contributed by atoms with van der Waals surface area (Å²) < 4.78 is 2.04. The Morgan fingerprint density at radius 1 is 0.968 bits per heavy atom. The summed E-state index contributed by atoms with van der Waals surface area (Å²) >= 11 is 7.64. The molecule has 0 saturated carbocycles. The molecule has 7 heteroatoms. The topological polar surface area (TPSA) is 51.0 Å². The Balaban J connectivity index is 1.66. The smallest absolute Gasteiger partial charge is 0.253 e. The lowest BCUT2D eigenvalue weighted by molar-refractivity contribution is 0.0827. The van der Waals surface area contributed by atoms with Crippen LogP contribution in [0.4, 0.5) is 0 Å². The number of hydrogen-bond donors (Lipinski definition) is 0. The first kappa shape index (κ1) is 21.2. The minimum atomic E-state index is -0.00988. The van der Waals surface area contributed by atoms with Gasteiger partial charge >= 0.3 is 0 Å². The molecule has 5 nitrogen and oxygen atoms in total. The van der Waals surface area contributed by atoms with E-state index < -0.39 is 0 Å². The SMILES string of the molecule is CN(C)C(=O)c1cccc(CSc2nnc(-c3ccc(Cl)cc3)n2-c2ccccc2)c1. The molecule has 0 spiro atoms. The minimum Gasteiger partial charge on any atom is -0.345 e. The van der Waals surface area contributed by atoms with Crippen LogP contribution in [-0.4, -0.2) is 39.7 Å². The maximum atomic E-state index is 12.3. The van der Waals surface area contributed by atoms with Crippen molar-refractivity contribution in [2.45, 2.75) is 10.9 Å². The van der Waals surface area contributed by atoms with E-state index in [4.69, 9.17) is 11.6 Å². The quantitative estimate of drug-likeness (QED) is 0.361. The fraction of sp³-hybridized carbons (Fsp3) is 0.125. The lowest BCUT2D eigenvalue weighted by Gasteiger charge is -2.12. The molecule has 0 saturated heterocycles. The largest absolute Gasteiger partial charge is 0.345 e. The first-order valence-corrected chi connectivity index (χ1v) is 11.1. The van der Waals surface area contributed by atoms with Crippen molar-refractivity contribution in [3.63, 3.8) is 0 Å². The van der Waals surface area contributed by atoms with Crippen molar-refractivity contribution in [3.05, 3.63) is 95.0 Å². The maximum Gasteiger partial charge on any atom is 0.253 e. The van der Waals surface area contributed by atoms with Gasteiger partial charge < -0.3 is 4.90 Å². The average molecular weight is 449 g/mol. The van der Waals surface area contributed by atoms with Crippen LogP contribution in [0.25, 0.3) is 17.1 Å². The van der Waals surface area contributed by atoms with Crippen LogP contribution in [0.5, 0.6) is 0 Å². The monoisotopic (exact) mass is 448 g/mol. The lowest BCUT2D eigenvalue weighted by Crippen LogP contribution is -2.21. The summed E-state index contributed by atoms with van der Waals surface area (Å²) in [6.45, 7) is 0. The number of para-hydroxylation sites is 1. The third kappa shape index (κ3) is 4.81. The molecule has 0 unspecified atom stereocenters. The highest BCUT2D eigenvalue weighted by Crippen LogP contribution is 2.30. The third-order valence-corrected chi connectivity index (χ3v) is 5.95. The van der Waals surface area contributed by atoms with Gasteiger partial charge in [-0.3, -0.25) is 9.36 Å². The number of carbonyl (C=O) groups is 1. The van der Waals surface area contributed by atoms with Gasteiger partial charge in [0.1, 0.15) is 0 Å². The van der Waals surface area contributed by atoms with E-state index in [1.165, 1.54) is 0 Å². The Bertz CT molecular complexity index is 1190. The van der Waals surface area contributed by atoms with Crippen molar-refractivity contribution < 1.29 is 4.79 Å². The maximum absolute atomic E-state index is 12.3. The fourth-order valence-electron chi connectivity index (χ4n) is 3.16. The van der Waals surface area contributed by atoms with Crippen LogP contribution >= 0.6 is 23.4 Å². The molecule has 0 atom stereocenters. The average Bonchev–Trinajstić information content (AvgIpc) is 3.22. The summed E-state index contributed by atoms with van der Waals surface area (Å²) in [5.74, 6) is 1.41. The molecule has 4 rings (SSSR count). The van der Waals surface area contributed by atoms with E-state index in [9.17, 15) is 4.79 Å². The zero-order valence-electron chi connectivity index (χ0n) is 17.2. The van der Waals surface area contributed by atoms with Gasteiger partial charge in [0.05, 0.1) is 0 Å². The predicted molar refractivity (Wildman–Crippen MR) is 126 cm³/mol. The minimum absolute atomic E-state index is 0.00988. The highest BCUT2D eigenvalue weighted by Gasteiger charge is 2.16. The Morgan fingerprint density at radius 2 is 1.71 bits per heavy atom. The first-order valence-electron chi connectivity index (χ1n) is 9.73. The molecule has 0 aliphatic heterocycles. The normalized spacial score (nSPS) is 10.8. The standard InChI is InChI=1S/C24H21ClN4OS/c1-28(2)23(30)19-8-6-7-17(15-19)16-31-24-27-26-22(18-11-13-20(25)14-12-18)29(24)21-9-4-3-5-10-21/h3-15H,16H2,1-2H3. The molecule has 1 heterocycles. The molecule has 1 amide bonds. The number of aromatic nitrogens is 3. The van der Waals surface area contributed by atoms with Gasteiger partial charge in [0.15, 0.2) is 11.0 Å². The number of carbonyl (C=O) groups excluding carboxylic acids is 1. The Morgan fingerprint density at radius 3 is 2.42 bits per heavy atom. The zero-order valence-corrected chi connectivity index (χ0v) is 18.8. The molecule has 0 radical (unpaired) electrons. The highest BCUT2D eigenvalue weighted by atomic mass is 35.5. The van der Waals surface area contributed by atoms with Crippen LogP contribution in [0.1, 0.15) is 15.9 Å². The van der Waals surface area contributed by atoms with Crippen molar-refractivity contribution in [2.75, 3.05) is 14.1 Å². The second kappa shape index (κ2) is 9.37. The van der Waals surface area contributed by atoms with Crippen LogP contribution < -0.4 is 0 Å². The van der Waals surface area contributed by atoms with Gasteiger partial charge in [0, 0.05) is 41.7 Å². The third-order valence-electron chi connectivity index (χ3n) is 4.70. The van der Waals surface area contributed by atoms with Crippen LogP contribution in [0.3, 0.4) is 0 Å². The molecule has 0 aliphatic rings. The van der Waals surface area contributed by atoms with Crippen LogP contribution in [0.15, 0.2) is 84.0 Å². The predicted octanol–water partition coefficient (Wildman–Crippen LogP) is 5.58. The Kier molecular flexibility index (Phi) is 6.39. The molecule has 4 aromatic rings. The molecular weight excluding hydrogens is 428 g/mol. The van der Waals surface area contributed by atoms with Gasteiger partial charge in [-0.25, -0.2) is 0 Å². The fourth-order valence-corrected chi connectivity index (χ4v) is 4.18. The number of rotatable bonds is 6. The highest BCUT2D eigenvalue weighted by molar-refractivity contribution is 7.98. The summed E-state index contributed by atoms with van der Waals surface area (Å²) in [5, 5.41) is 10.4. The van der Waals surface area contributed by atoms with Gasteiger partial charge in [-0.1, -0.05) is 53.7 Å². The van der Waals surface area contributed by atoms with E-state index in [1.807, 2.05) is 83.4 Å². The molecule has 31 heavy (non-hydrogen) atoms. The van der Waals surface area contributed by atoms with Crippen LogP contribution in [0.2, 0.25) is 5.02 Å². The van der Waals surface area contributed by atoms with E-state index in [2.05, 4.69) is 10.2 Å². The van der Waals surface area contributed by atoms with Crippen LogP contribution in [0, 0.1) is 0 Å². The molecule has 3 aromatic carbocycles. The van der Waals surface area contributed by atoms with Gasteiger partial charge in [0.2, 0.25) is 0 Å². The molecule has 0 aliphatic carbocycles. The van der Waals surface area contributed by atoms with Gasteiger partial charge in [-0.2, -0.15) is 0 Å². The number of benzene rings is 3. The lowest BCUT2D eigenvalue weighted by atomic mass is 10.1. The van der Waals surface area contributed by atoms with Crippen molar-refractivity contribution in [1.82, 2.24) is 19.7 Å². The van der Waals surface area contributed by atoms with Crippen molar-refractivity contribution >= 4 is 29.3 Å². The number of amides is 1. The Hall–Kier alpha value is -3.09. The van der Waals surface area contributed by atoms with E-state index in [0.717, 1.165) is 27.8 Å². The van der Waals surface area contributed by atoms with Crippen molar-refractivity contribution in [1.29, 1.82) is 0 Å². The molecule has 0 fully saturated rings. The summed E-state index contributed by atoms with van der Waals surface area (Å²) in [5.41, 5.74) is 3.64. The van der Waals surface area contributed by atoms with Crippen molar-refractivity contribution in [2.24, 2.45) is 0 Å². The molecule has 0 bridgehead atoms. The van der Waals surface area contributed by atoms with E-state index in [-0.39, 0.29) is 5.91 Å². The molecule has 1 aromatic heterocycles. The molecule has 156 valence electrons. The Labute approximate surface area is 190 Å². The van der Waals surface area contributed by atoms with Gasteiger partial charge in [-0.15, -0.1) is 10.2 Å². The number of thioether (sulfide) groups is 1. The van der Waals surface area contributed by atoms with E-state index >= 15 is 0 Å². The zero-order chi connectivity index (χ0) is 21.8. The molecular formula is C24H21ClN4OS. The summed E-state index contributed by atoms with van der Waals surface area (Å²) in [7, 11) is 3.51. The van der Waals surface area contributed by atoms with E-state index in [1.54, 1.807) is 30.8 Å². The van der Waals surface area contributed by atoms with Crippen LogP contribution in [-0.2, 0) is 5.75 Å². The molecule has 0 N–H and O–H groups in total. The number of hydrogen-bond acceptors (Lipinski definition) is 4. The van der Waals surface area contributed by atoms with Crippen molar-refractivity contribution in [3.8, 4) is 17.1 Å². The summed E-state index contributed by atoms with van der Waals surface area (Å²) in [4.78, 5) is 13.9. The summed E-state index contributed by atoms with van der Waals surface area (Å²) in [6.07, 6.45) is 0. The van der Waals surface area contributed by atoms with Gasteiger partial charge in [-0.05, 0) is 54.1 Å². The number of nitrogens with zero attached hydrogens (tertiary/aromatic N) is 4.